The van der Waals surface area contributed by atoms with Gasteiger partial charge in [0.1, 0.15) is 11.6 Å². The summed E-state index contributed by atoms with van der Waals surface area (Å²) in [5.74, 6) is 0.880. The average molecular weight is 510 g/mol. The van der Waals surface area contributed by atoms with Crippen LogP contribution in [0.2, 0.25) is 0 Å². The molecular formula is C28H36FN5O3. The molecule has 2 aliphatic carbocycles. The summed E-state index contributed by atoms with van der Waals surface area (Å²) in [5.41, 5.74) is 3.50. The lowest BCUT2D eigenvalue weighted by Gasteiger charge is -2.68. The normalized spacial score (nSPS) is 28.9. The number of carbonyl (C=O) groups is 2. The lowest BCUT2D eigenvalue weighted by molar-refractivity contribution is -0.188. The molecule has 2 aliphatic heterocycles. The number of imidazole rings is 1. The van der Waals surface area contributed by atoms with E-state index in [-0.39, 0.29) is 17.8 Å². The molecule has 1 N–H and O–H groups in total. The molecule has 3 fully saturated rings. The molecule has 1 aromatic carbocycles. The zero-order valence-corrected chi connectivity index (χ0v) is 21.9. The number of hydrogen-bond donors (Lipinski definition) is 1. The molecule has 4 unspecified atom stereocenters. The van der Waals surface area contributed by atoms with E-state index in [0.29, 0.717) is 36.5 Å². The van der Waals surface area contributed by atoms with Crippen molar-refractivity contribution in [2.75, 3.05) is 20.2 Å². The zero-order chi connectivity index (χ0) is 25.9. The first-order valence-electron chi connectivity index (χ1n) is 13.5. The minimum absolute atomic E-state index is 0.125. The van der Waals surface area contributed by atoms with Crippen molar-refractivity contribution in [3.05, 3.63) is 52.9 Å². The maximum absolute atomic E-state index is 13.9. The maximum atomic E-state index is 13.9. The van der Waals surface area contributed by atoms with Crippen LogP contribution in [0.15, 0.2) is 24.3 Å². The second-order valence-electron chi connectivity index (χ2n) is 11.3. The fourth-order valence-electron chi connectivity index (χ4n) is 7.82. The Labute approximate surface area is 217 Å². The topological polar surface area (TPSA) is 79.7 Å². The Morgan fingerprint density at radius 1 is 1.32 bits per heavy atom. The van der Waals surface area contributed by atoms with Crippen LogP contribution >= 0.6 is 0 Å². The summed E-state index contributed by atoms with van der Waals surface area (Å²) < 4.78 is 21.2. The molecule has 4 aliphatic rings. The third-order valence-electron chi connectivity index (χ3n) is 9.57. The predicted octanol–water partition coefficient (Wildman–Crippen LogP) is 3.89. The number of carbonyl (C=O) groups excluding carboxylic acids is 2. The van der Waals surface area contributed by atoms with Crippen molar-refractivity contribution in [1.82, 2.24) is 24.7 Å². The number of ether oxygens (including phenoxy) is 1. The summed E-state index contributed by atoms with van der Waals surface area (Å²) in [7, 11) is 1.35. The van der Waals surface area contributed by atoms with E-state index in [9.17, 15) is 14.0 Å². The molecule has 1 spiro atoms. The molecular weight excluding hydrogens is 473 g/mol. The molecule has 3 heterocycles. The number of alkyl carbamates (subject to hydrolysis) is 1. The highest BCUT2D eigenvalue weighted by Crippen LogP contribution is 2.67. The minimum atomic E-state index is -0.503. The third-order valence-corrected chi connectivity index (χ3v) is 9.57. The van der Waals surface area contributed by atoms with Crippen molar-refractivity contribution in [3.8, 4) is 0 Å². The van der Waals surface area contributed by atoms with Crippen LogP contribution in [0.3, 0.4) is 0 Å². The van der Waals surface area contributed by atoms with E-state index < -0.39 is 6.09 Å². The molecule has 0 radical (unpaired) electrons. The number of aryl methyl sites for hydroxylation is 1. The van der Waals surface area contributed by atoms with Crippen molar-refractivity contribution < 1.29 is 18.7 Å². The first kappa shape index (κ1) is 24.4. The summed E-state index contributed by atoms with van der Waals surface area (Å²) in [6, 6.07) is 7.61. The molecule has 8 nitrogen and oxygen atoms in total. The summed E-state index contributed by atoms with van der Waals surface area (Å²) in [6.45, 7) is 6.00. The van der Waals surface area contributed by atoms with Gasteiger partial charge in [-0.25, -0.2) is 14.2 Å². The van der Waals surface area contributed by atoms with Gasteiger partial charge >= 0.3 is 6.09 Å². The molecule has 1 saturated heterocycles. The number of nitrogens with zero attached hydrogens (tertiary/aromatic N) is 4. The van der Waals surface area contributed by atoms with E-state index in [0.717, 1.165) is 49.4 Å². The molecule has 2 amide bonds. The number of amides is 2. The highest BCUT2D eigenvalue weighted by Gasteiger charge is 2.69. The number of aromatic nitrogens is 2. The van der Waals surface area contributed by atoms with Crippen molar-refractivity contribution in [2.45, 2.75) is 83.1 Å². The van der Waals surface area contributed by atoms with Gasteiger partial charge in [0.25, 0.3) is 0 Å². The van der Waals surface area contributed by atoms with E-state index in [1.54, 1.807) is 13.0 Å². The van der Waals surface area contributed by atoms with Crippen LogP contribution in [-0.2, 0) is 22.5 Å². The van der Waals surface area contributed by atoms with E-state index in [2.05, 4.69) is 21.7 Å². The molecule has 5 atom stereocenters. The molecule has 1 aromatic heterocycles. The minimum Gasteiger partial charge on any atom is -0.453 e. The summed E-state index contributed by atoms with van der Waals surface area (Å²) in [5, 5.41) is 2.90. The van der Waals surface area contributed by atoms with Crippen molar-refractivity contribution >= 4 is 12.0 Å². The lowest BCUT2D eigenvalue weighted by atomic mass is 9.53. The first-order chi connectivity index (χ1) is 17.8. The van der Waals surface area contributed by atoms with Gasteiger partial charge in [0.2, 0.25) is 5.91 Å². The van der Waals surface area contributed by atoms with Gasteiger partial charge < -0.3 is 19.5 Å². The van der Waals surface area contributed by atoms with Gasteiger partial charge in [-0.3, -0.25) is 9.69 Å². The Morgan fingerprint density at radius 3 is 2.86 bits per heavy atom. The van der Waals surface area contributed by atoms with Gasteiger partial charge in [0, 0.05) is 50.0 Å². The van der Waals surface area contributed by atoms with Crippen molar-refractivity contribution in [1.29, 1.82) is 0 Å². The van der Waals surface area contributed by atoms with E-state index >= 15 is 0 Å². The molecule has 2 saturated carbocycles. The summed E-state index contributed by atoms with van der Waals surface area (Å²) in [6.07, 6.45) is 5.73. The molecule has 6 rings (SSSR count). The monoisotopic (exact) mass is 509 g/mol. The third kappa shape index (κ3) is 3.93. The largest absolute Gasteiger partial charge is 0.453 e. The van der Waals surface area contributed by atoms with Gasteiger partial charge in [-0.2, -0.15) is 0 Å². The Hall–Kier alpha value is -2.94. The van der Waals surface area contributed by atoms with Crippen LogP contribution in [-0.4, -0.2) is 63.6 Å². The van der Waals surface area contributed by atoms with Gasteiger partial charge in [-0.1, -0.05) is 12.1 Å². The van der Waals surface area contributed by atoms with E-state index in [1.165, 1.54) is 37.8 Å². The molecule has 37 heavy (non-hydrogen) atoms. The molecule has 0 bridgehead atoms. The van der Waals surface area contributed by atoms with Crippen molar-refractivity contribution in [3.63, 3.8) is 0 Å². The lowest BCUT2D eigenvalue weighted by Crippen LogP contribution is -2.74. The quantitative estimate of drug-likeness (QED) is 0.639. The van der Waals surface area contributed by atoms with Crippen molar-refractivity contribution in [2.24, 2.45) is 5.41 Å². The number of piperidine rings is 1. The first-order valence-corrected chi connectivity index (χ1v) is 13.5. The van der Waals surface area contributed by atoms with Gasteiger partial charge in [-0.15, -0.1) is 0 Å². The molecule has 198 valence electrons. The van der Waals surface area contributed by atoms with Gasteiger partial charge in [-0.05, 0) is 56.7 Å². The number of benzene rings is 1. The SMILES string of the molecule is COC(=O)N[C@@H](CCN1C2CCC23CC(n2c(C)nc4c2CN(C(C)=O)CC4)CC13)c1cccc(F)c1. The summed E-state index contributed by atoms with van der Waals surface area (Å²) in [4.78, 5) is 33.6. The number of halogens is 1. The number of hydrogen-bond acceptors (Lipinski definition) is 5. The highest BCUT2D eigenvalue weighted by molar-refractivity contribution is 5.73. The van der Waals surface area contributed by atoms with Crippen LogP contribution < -0.4 is 5.32 Å². The summed E-state index contributed by atoms with van der Waals surface area (Å²) >= 11 is 0. The standard InChI is InChI=1S/C28H36FN5O3/c1-17-30-23-8-11-32(18(2)35)16-24(23)34(17)21-14-26-28(15-21)10-7-25(28)33(26)12-9-22(31-27(36)37-3)19-5-4-6-20(29)13-19/h4-6,13,21-22,25-26H,7-12,14-16H2,1-3H3,(H,31,36)/t21?,22-,25?,26?,28?/m0/s1. The van der Waals surface area contributed by atoms with Gasteiger partial charge in [0.05, 0.1) is 31.1 Å². The number of nitrogens with one attached hydrogen (secondary N) is 1. The van der Waals surface area contributed by atoms with Crippen LogP contribution in [0.1, 0.15) is 73.9 Å². The van der Waals surface area contributed by atoms with Crippen LogP contribution in [0.5, 0.6) is 0 Å². The zero-order valence-electron chi connectivity index (χ0n) is 21.9. The van der Waals surface area contributed by atoms with Crippen LogP contribution in [0.4, 0.5) is 9.18 Å². The Kier molecular flexibility index (Phi) is 6.01. The fraction of sp³-hybridized carbons (Fsp3) is 0.607. The fourth-order valence-corrected chi connectivity index (χ4v) is 7.82. The number of fused-ring (bicyclic) bond motifs is 1. The number of methoxy groups -OCH3 is 1. The Morgan fingerprint density at radius 2 is 2.16 bits per heavy atom. The number of rotatable bonds is 6. The van der Waals surface area contributed by atoms with E-state index in [4.69, 9.17) is 9.72 Å². The van der Waals surface area contributed by atoms with Gasteiger partial charge in [0.15, 0.2) is 0 Å². The predicted molar refractivity (Wildman–Crippen MR) is 135 cm³/mol. The number of likely N-dealkylation sites (tertiary alicyclic amines) is 1. The molecule has 9 heteroatoms. The second kappa shape index (κ2) is 9.11. The average Bonchev–Trinajstić information content (AvgIpc) is 3.41. The highest BCUT2D eigenvalue weighted by atomic mass is 19.1. The molecule has 2 aromatic rings. The smallest absolute Gasteiger partial charge is 0.407 e. The van der Waals surface area contributed by atoms with Crippen LogP contribution in [0.25, 0.3) is 0 Å². The second-order valence-corrected chi connectivity index (χ2v) is 11.3. The Bertz CT molecular complexity index is 1230. The Balaban J connectivity index is 1.18. The van der Waals surface area contributed by atoms with Crippen LogP contribution in [0, 0.1) is 18.2 Å². The van der Waals surface area contributed by atoms with E-state index in [1.807, 2.05) is 11.0 Å². The maximum Gasteiger partial charge on any atom is 0.407 e.